The van der Waals surface area contributed by atoms with Gasteiger partial charge in [0.1, 0.15) is 18.3 Å². The van der Waals surface area contributed by atoms with E-state index in [4.69, 9.17) is 14.2 Å². The number of amides is 1. The maximum absolute atomic E-state index is 12.6. The molecule has 1 N–H and O–H groups in total. The lowest BCUT2D eigenvalue weighted by atomic mass is 10.1. The maximum atomic E-state index is 12.6. The summed E-state index contributed by atoms with van der Waals surface area (Å²) >= 11 is 0. The number of nitro benzene ring substituents is 1. The molecule has 0 saturated heterocycles. The van der Waals surface area contributed by atoms with Crippen molar-refractivity contribution in [2.75, 3.05) is 21.3 Å². The smallest absolute Gasteiger partial charge is 0.295 e. The maximum Gasteiger partial charge on any atom is 0.295 e. The van der Waals surface area contributed by atoms with Gasteiger partial charge in [-0.1, -0.05) is 0 Å². The number of aromatic nitrogens is 3. The number of ether oxygens (including phenoxy) is 3. The number of nitro groups is 1. The Morgan fingerprint density at radius 2 is 1.83 bits per heavy atom. The minimum absolute atomic E-state index is 0.137. The molecule has 0 fully saturated rings. The SMILES string of the molecule is COc1cc(CNC(=O)c2ccc(-n3cncn3)c([N+](=O)[O-])c2)cc(OC)c1OC. The van der Waals surface area contributed by atoms with Crippen LogP contribution in [0, 0.1) is 10.1 Å². The van der Waals surface area contributed by atoms with Gasteiger partial charge in [0.2, 0.25) is 5.75 Å². The first-order valence-corrected chi connectivity index (χ1v) is 8.69. The molecule has 11 heteroatoms. The Balaban J connectivity index is 1.82. The number of rotatable bonds is 8. The molecule has 1 aromatic heterocycles. The molecule has 11 nitrogen and oxygen atoms in total. The molecule has 0 unspecified atom stereocenters. The lowest BCUT2D eigenvalue weighted by Gasteiger charge is -2.14. The normalized spacial score (nSPS) is 10.4. The highest BCUT2D eigenvalue weighted by atomic mass is 16.6. The molecule has 0 aliphatic heterocycles. The van der Waals surface area contributed by atoms with Crippen LogP contribution in [0.3, 0.4) is 0 Å². The summed E-state index contributed by atoms with van der Waals surface area (Å²) in [4.78, 5) is 27.2. The van der Waals surface area contributed by atoms with Crippen LogP contribution in [0.4, 0.5) is 5.69 Å². The van der Waals surface area contributed by atoms with Crippen molar-refractivity contribution in [3.63, 3.8) is 0 Å². The number of carbonyl (C=O) groups excluding carboxylic acids is 1. The van der Waals surface area contributed by atoms with Crippen molar-refractivity contribution in [3.05, 3.63) is 64.2 Å². The fourth-order valence-corrected chi connectivity index (χ4v) is 2.86. The molecule has 0 aliphatic carbocycles. The van der Waals surface area contributed by atoms with Gasteiger partial charge in [0, 0.05) is 18.2 Å². The van der Waals surface area contributed by atoms with E-state index >= 15 is 0 Å². The van der Waals surface area contributed by atoms with Crippen LogP contribution in [-0.4, -0.2) is 46.9 Å². The zero-order chi connectivity index (χ0) is 21.7. The number of hydrogen-bond donors (Lipinski definition) is 1. The fraction of sp³-hybridized carbons (Fsp3) is 0.211. The number of methoxy groups -OCH3 is 3. The molecule has 0 saturated carbocycles. The third kappa shape index (κ3) is 4.14. The van der Waals surface area contributed by atoms with Crippen molar-refractivity contribution in [2.45, 2.75) is 6.54 Å². The van der Waals surface area contributed by atoms with Gasteiger partial charge >= 0.3 is 0 Å². The van der Waals surface area contributed by atoms with E-state index in [1.165, 1.54) is 56.9 Å². The molecule has 156 valence electrons. The van der Waals surface area contributed by atoms with E-state index in [-0.39, 0.29) is 23.5 Å². The zero-order valence-electron chi connectivity index (χ0n) is 16.5. The highest BCUT2D eigenvalue weighted by molar-refractivity contribution is 5.95. The van der Waals surface area contributed by atoms with Gasteiger partial charge in [0.25, 0.3) is 11.6 Å². The van der Waals surface area contributed by atoms with Crippen molar-refractivity contribution >= 4 is 11.6 Å². The first kappa shape index (κ1) is 20.6. The fourth-order valence-electron chi connectivity index (χ4n) is 2.86. The lowest BCUT2D eigenvalue weighted by molar-refractivity contribution is -0.384. The second-order valence-electron chi connectivity index (χ2n) is 6.02. The van der Waals surface area contributed by atoms with E-state index in [1.807, 2.05) is 0 Å². The standard InChI is InChI=1S/C19H19N5O6/c1-28-16-6-12(7-17(29-2)18(16)30-3)9-21-19(25)13-4-5-14(15(8-13)24(26)27)23-11-20-10-22-23/h4-8,10-11H,9H2,1-3H3,(H,21,25). The van der Waals surface area contributed by atoms with Crippen molar-refractivity contribution in [2.24, 2.45) is 0 Å². The number of benzene rings is 2. The lowest BCUT2D eigenvalue weighted by Crippen LogP contribution is -2.23. The number of nitrogens with zero attached hydrogens (tertiary/aromatic N) is 4. The first-order valence-electron chi connectivity index (χ1n) is 8.69. The molecular weight excluding hydrogens is 394 g/mol. The predicted molar refractivity (Wildman–Crippen MR) is 105 cm³/mol. The van der Waals surface area contributed by atoms with Crippen molar-refractivity contribution < 1.29 is 23.9 Å². The Morgan fingerprint density at radius 1 is 1.13 bits per heavy atom. The molecule has 30 heavy (non-hydrogen) atoms. The average molecular weight is 413 g/mol. The largest absolute Gasteiger partial charge is 0.493 e. The monoisotopic (exact) mass is 413 g/mol. The molecule has 0 radical (unpaired) electrons. The number of hydrogen-bond acceptors (Lipinski definition) is 8. The summed E-state index contributed by atoms with van der Waals surface area (Å²) in [5.74, 6) is 0.870. The second-order valence-corrected chi connectivity index (χ2v) is 6.02. The van der Waals surface area contributed by atoms with Crippen LogP contribution in [0.25, 0.3) is 5.69 Å². The van der Waals surface area contributed by atoms with Gasteiger partial charge in [-0.3, -0.25) is 14.9 Å². The summed E-state index contributed by atoms with van der Waals surface area (Å²) in [7, 11) is 4.49. The van der Waals surface area contributed by atoms with Crippen LogP contribution in [0.5, 0.6) is 17.2 Å². The minimum Gasteiger partial charge on any atom is -0.493 e. The quantitative estimate of drug-likeness (QED) is 0.439. The molecule has 0 aliphatic rings. The van der Waals surface area contributed by atoms with E-state index in [2.05, 4.69) is 15.4 Å². The van der Waals surface area contributed by atoms with Crippen LogP contribution >= 0.6 is 0 Å². The van der Waals surface area contributed by atoms with Gasteiger partial charge in [-0.15, -0.1) is 0 Å². The summed E-state index contributed by atoms with van der Waals surface area (Å²) in [6.45, 7) is 0.147. The van der Waals surface area contributed by atoms with E-state index in [1.54, 1.807) is 12.1 Å². The summed E-state index contributed by atoms with van der Waals surface area (Å²) in [6, 6.07) is 7.53. The second kappa shape index (κ2) is 8.90. The first-order chi connectivity index (χ1) is 14.5. The average Bonchev–Trinajstić information content (AvgIpc) is 3.30. The molecule has 2 aromatic carbocycles. The van der Waals surface area contributed by atoms with Crippen LogP contribution in [0.1, 0.15) is 15.9 Å². The Labute approximate surface area is 171 Å². The molecule has 3 aromatic rings. The van der Waals surface area contributed by atoms with Gasteiger partial charge < -0.3 is 19.5 Å². The van der Waals surface area contributed by atoms with Gasteiger partial charge in [-0.25, -0.2) is 9.67 Å². The highest BCUT2D eigenvalue weighted by Gasteiger charge is 2.20. The van der Waals surface area contributed by atoms with E-state index in [0.29, 0.717) is 22.8 Å². The summed E-state index contributed by atoms with van der Waals surface area (Å²) < 4.78 is 17.1. The summed E-state index contributed by atoms with van der Waals surface area (Å²) in [5.41, 5.74) is 0.782. The van der Waals surface area contributed by atoms with E-state index in [0.717, 1.165) is 0 Å². The number of carbonyl (C=O) groups is 1. The molecular formula is C19H19N5O6. The Bertz CT molecular complexity index is 1040. The van der Waals surface area contributed by atoms with Crippen LogP contribution in [-0.2, 0) is 6.54 Å². The molecule has 3 rings (SSSR count). The third-order valence-corrected chi connectivity index (χ3v) is 4.28. The van der Waals surface area contributed by atoms with Crippen molar-refractivity contribution in [3.8, 4) is 22.9 Å². The topological polar surface area (TPSA) is 131 Å². The Kier molecular flexibility index (Phi) is 6.11. The van der Waals surface area contributed by atoms with Gasteiger partial charge in [0.15, 0.2) is 11.5 Å². The van der Waals surface area contributed by atoms with Crippen LogP contribution in [0.15, 0.2) is 43.0 Å². The van der Waals surface area contributed by atoms with E-state index in [9.17, 15) is 14.9 Å². The minimum atomic E-state index is -0.576. The predicted octanol–water partition coefficient (Wildman–Crippen LogP) is 2.13. The summed E-state index contributed by atoms with van der Waals surface area (Å²) in [5, 5.41) is 18.1. The van der Waals surface area contributed by atoms with Gasteiger partial charge in [-0.2, -0.15) is 5.10 Å². The summed E-state index contributed by atoms with van der Waals surface area (Å²) in [6.07, 6.45) is 2.61. The van der Waals surface area contributed by atoms with Crippen molar-refractivity contribution in [1.29, 1.82) is 0 Å². The van der Waals surface area contributed by atoms with Crippen LogP contribution < -0.4 is 19.5 Å². The van der Waals surface area contributed by atoms with Gasteiger partial charge in [-0.05, 0) is 29.8 Å². The molecule has 1 amide bonds. The van der Waals surface area contributed by atoms with Gasteiger partial charge in [0.05, 0.1) is 26.3 Å². The highest BCUT2D eigenvalue weighted by Crippen LogP contribution is 2.38. The molecule has 1 heterocycles. The van der Waals surface area contributed by atoms with Crippen molar-refractivity contribution in [1.82, 2.24) is 20.1 Å². The number of nitrogens with one attached hydrogen (secondary N) is 1. The zero-order valence-corrected chi connectivity index (χ0v) is 16.5. The molecule has 0 atom stereocenters. The van der Waals surface area contributed by atoms with E-state index < -0.39 is 10.8 Å². The molecule has 0 bridgehead atoms. The molecule has 0 spiro atoms. The third-order valence-electron chi connectivity index (χ3n) is 4.28. The Hall–Kier alpha value is -4.15. The van der Waals surface area contributed by atoms with Crippen LogP contribution in [0.2, 0.25) is 0 Å². The Morgan fingerprint density at radius 3 is 2.37 bits per heavy atom.